The Labute approximate surface area is 198 Å². The van der Waals surface area contributed by atoms with Gasteiger partial charge in [0.15, 0.2) is 9.84 Å². The number of halogens is 2. The molecule has 0 aromatic heterocycles. The topological polar surface area (TPSA) is 91.8 Å². The zero-order valence-corrected chi connectivity index (χ0v) is 20.6. The van der Waals surface area contributed by atoms with Gasteiger partial charge in [0, 0.05) is 32.4 Å². The van der Waals surface area contributed by atoms with E-state index in [2.05, 4.69) is 0 Å². The van der Waals surface area contributed by atoms with Crippen LogP contribution in [0.15, 0.2) is 46.2 Å². The molecule has 184 valence electrons. The summed E-state index contributed by atoms with van der Waals surface area (Å²) in [5.41, 5.74) is -0.677. The third-order valence-corrected chi connectivity index (χ3v) is 9.89. The van der Waals surface area contributed by atoms with Gasteiger partial charge in [-0.05, 0) is 67.5 Å². The molecule has 2 saturated heterocycles. The molecule has 2 aliphatic heterocycles. The van der Waals surface area contributed by atoms with Gasteiger partial charge in [0.05, 0.1) is 9.79 Å². The summed E-state index contributed by atoms with van der Waals surface area (Å²) in [5, 5.41) is 0. The number of likely N-dealkylation sites (tertiary alicyclic amines) is 1. The highest BCUT2D eigenvalue weighted by molar-refractivity contribution is 7.90. The Morgan fingerprint density at radius 2 is 1.44 bits per heavy atom. The number of aryl methyl sites for hydroxylation is 1. The van der Waals surface area contributed by atoms with Gasteiger partial charge in [0.1, 0.15) is 17.2 Å². The van der Waals surface area contributed by atoms with Crippen LogP contribution >= 0.6 is 0 Å². The number of hydrogen-bond donors (Lipinski definition) is 0. The SMILES string of the molecule is Cc1ccc(F)c(C(=O)N2CCC3(CC2)CCN(S(=O)(=O)c2ccc(S(C)(=O)=O)cc2)C3)c1F. The van der Waals surface area contributed by atoms with Crippen molar-refractivity contribution in [3.8, 4) is 0 Å². The van der Waals surface area contributed by atoms with Crippen LogP contribution in [-0.4, -0.2) is 64.4 Å². The van der Waals surface area contributed by atoms with Gasteiger partial charge < -0.3 is 4.90 Å². The number of hydrogen-bond acceptors (Lipinski definition) is 5. The molecule has 34 heavy (non-hydrogen) atoms. The maximum Gasteiger partial charge on any atom is 0.259 e. The highest BCUT2D eigenvalue weighted by atomic mass is 32.2. The van der Waals surface area contributed by atoms with Crippen molar-refractivity contribution < 1.29 is 30.4 Å². The lowest BCUT2D eigenvalue weighted by Crippen LogP contribution is -2.45. The van der Waals surface area contributed by atoms with E-state index in [4.69, 9.17) is 0 Å². The number of sulfone groups is 1. The van der Waals surface area contributed by atoms with Crippen molar-refractivity contribution in [2.45, 2.75) is 36.0 Å². The summed E-state index contributed by atoms with van der Waals surface area (Å²) in [7, 11) is -7.24. The predicted octanol–water partition coefficient (Wildman–Crippen LogP) is 2.99. The third-order valence-electron chi connectivity index (χ3n) is 6.90. The van der Waals surface area contributed by atoms with Crippen molar-refractivity contribution >= 4 is 25.8 Å². The summed E-state index contributed by atoms with van der Waals surface area (Å²) < 4.78 is 79.5. The summed E-state index contributed by atoms with van der Waals surface area (Å²) in [6.45, 7) is 2.62. The minimum atomic E-state index is -3.81. The van der Waals surface area contributed by atoms with Crippen molar-refractivity contribution in [3.05, 3.63) is 59.2 Å². The van der Waals surface area contributed by atoms with Crippen LogP contribution in [-0.2, 0) is 19.9 Å². The largest absolute Gasteiger partial charge is 0.338 e. The van der Waals surface area contributed by atoms with Gasteiger partial charge in [-0.1, -0.05) is 6.07 Å². The fourth-order valence-electron chi connectivity index (χ4n) is 4.71. The van der Waals surface area contributed by atoms with E-state index in [1.165, 1.54) is 46.5 Å². The van der Waals surface area contributed by atoms with Crippen LogP contribution in [0.4, 0.5) is 8.78 Å². The Hall–Kier alpha value is -2.37. The Bertz CT molecular complexity index is 1330. The fraction of sp³-hybridized carbons (Fsp3) is 0.435. The summed E-state index contributed by atoms with van der Waals surface area (Å²) in [6, 6.07) is 7.52. The first-order valence-corrected chi connectivity index (χ1v) is 14.2. The molecule has 0 bridgehead atoms. The maximum atomic E-state index is 14.4. The number of carbonyl (C=O) groups is 1. The van der Waals surface area contributed by atoms with Crippen LogP contribution in [0.2, 0.25) is 0 Å². The van der Waals surface area contributed by atoms with Gasteiger partial charge in [0.2, 0.25) is 10.0 Å². The minimum Gasteiger partial charge on any atom is -0.338 e. The number of nitrogens with zero attached hydrogens (tertiary/aromatic N) is 2. The second-order valence-corrected chi connectivity index (χ2v) is 13.1. The highest BCUT2D eigenvalue weighted by Gasteiger charge is 2.45. The van der Waals surface area contributed by atoms with Gasteiger partial charge in [-0.25, -0.2) is 25.6 Å². The summed E-state index contributed by atoms with van der Waals surface area (Å²) in [6.07, 6.45) is 2.71. The molecule has 2 aromatic rings. The molecule has 0 saturated carbocycles. The second kappa shape index (κ2) is 8.69. The molecule has 7 nitrogen and oxygen atoms in total. The summed E-state index contributed by atoms with van der Waals surface area (Å²) in [5.74, 6) is -2.44. The van der Waals surface area contributed by atoms with E-state index in [0.717, 1.165) is 12.3 Å². The van der Waals surface area contributed by atoms with Crippen LogP contribution in [0.3, 0.4) is 0 Å². The molecule has 0 atom stereocenters. The van der Waals surface area contributed by atoms with E-state index in [9.17, 15) is 30.4 Å². The Balaban J connectivity index is 1.45. The number of carbonyl (C=O) groups excluding carboxylic acids is 1. The molecular formula is C23H26F2N2O5S2. The highest BCUT2D eigenvalue weighted by Crippen LogP contribution is 2.42. The molecule has 0 aliphatic carbocycles. The molecule has 4 rings (SSSR count). The number of benzene rings is 2. The molecule has 11 heteroatoms. The molecule has 0 radical (unpaired) electrons. The monoisotopic (exact) mass is 512 g/mol. The molecule has 1 spiro atoms. The average Bonchev–Trinajstić information content (AvgIpc) is 3.21. The van der Waals surface area contributed by atoms with Gasteiger partial charge in [-0.15, -0.1) is 0 Å². The quantitative estimate of drug-likeness (QED) is 0.628. The zero-order chi connectivity index (χ0) is 24.9. The summed E-state index contributed by atoms with van der Waals surface area (Å²) >= 11 is 0. The van der Waals surface area contributed by atoms with Crippen molar-refractivity contribution in [1.82, 2.24) is 9.21 Å². The van der Waals surface area contributed by atoms with Crippen molar-refractivity contribution in [1.29, 1.82) is 0 Å². The van der Waals surface area contributed by atoms with Gasteiger partial charge in [-0.3, -0.25) is 4.79 Å². The lowest BCUT2D eigenvalue weighted by molar-refractivity contribution is 0.0590. The van der Waals surface area contributed by atoms with E-state index >= 15 is 0 Å². The molecule has 1 amide bonds. The lowest BCUT2D eigenvalue weighted by Gasteiger charge is -2.39. The number of amides is 1. The van der Waals surface area contributed by atoms with Crippen molar-refractivity contribution in [3.63, 3.8) is 0 Å². The normalized spacial score (nSPS) is 19.0. The second-order valence-electron chi connectivity index (χ2n) is 9.18. The molecule has 2 aromatic carbocycles. The Kier molecular flexibility index (Phi) is 6.32. The Morgan fingerprint density at radius 1 is 0.882 bits per heavy atom. The maximum absolute atomic E-state index is 14.4. The van der Waals surface area contributed by atoms with Crippen LogP contribution in [0.1, 0.15) is 35.2 Å². The van der Waals surface area contributed by atoms with Crippen LogP contribution in [0, 0.1) is 24.0 Å². The van der Waals surface area contributed by atoms with Crippen molar-refractivity contribution in [2.24, 2.45) is 5.41 Å². The molecule has 2 fully saturated rings. The zero-order valence-electron chi connectivity index (χ0n) is 18.9. The number of rotatable bonds is 4. The van der Waals surface area contributed by atoms with E-state index in [1.54, 1.807) is 0 Å². The fourth-order valence-corrected chi connectivity index (χ4v) is 6.89. The van der Waals surface area contributed by atoms with Crippen LogP contribution < -0.4 is 0 Å². The standard InChI is InChI=1S/C23H26F2N2O5S2/c1-16-3-8-19(24)20(21(16)25)22(28)26-12-9-23(10-13-26)11-14-27(15-23)34(31,32)18-6-4-17(5-7-18)33(2,29)30/h3-8H,9-15H2,1-2H3. The first-order valence-electron chi connectivity index (χ1n) is 10.9. The van der Waals surface area contributed by atoms with E-state index in [-0.39, 0.29) is 40.4 Å². The lowest BCUT2D eigenvalue weighted by atomic mass is 9.77. The molecule has 0 N–H and O–H groups in total. The smallest absolute Gasteiger partial charge is 0.259 e. The third kappa shape index (κ3) is 4.48. The van der Waals surface area contributed by atoms with E-state index < -0.39 is 43.0 Å². The first-order chi connectivity index (χ1) is 15.8. The van der Waals surface area contributed by atoms with Gasteiger partial charge in [-0.2, -0.15) is 4.31 Å². The molecule has 2 aliphatic rings. The Morgan fingerprint density at radius 3 is 2.03 bits per heavy atom. The molecule has 2 heterocycles. The van der Waals surface area contributed by atoms with E-state index in [1.807, 2.05) is 0 Å². The van der Waals surface area contributed by atoms with Gasteiger partial charge >= 0.3 is 0 Å². The van der Waals surface area contributed by atoms with E-state index in [0.29, 0.717) is 25.8 Å². The average molecular weight is 513 g/mol. The minimum absolute atomic E-state index is 0.0231. The van der Waals surface area contributed by atoms with Crippen LogP contribution in [0.5, 0.6) is 0 Å². The predicted molar refractivity (Wildman–Crippen MR) is 122 cm³/mol. The number of sulfonamides is 1. The van der Waals surface area contributed by atoms with Crippen LogP contribution in [0.25, 0.3) is 0 Å². The number of piperidine rings is 1. The molecule has 0 unspecified atom stereocenters. The first kappa shape index (κ1) is 24.7. The van der Waals surface area contributed by atoms with Gasteiger partial charge in [0.25, 0.3) is 5.91 Å². The van der Waals surface area contributed by atoms with Crippen molar-refractivity contribution in [2.75, 3.05) is 32.4 Å². The molecular weight excluding hydrogens is 486 g/mol. The summed E-state index contributed by atoms with van der Waals surface area (Å²) in [4.78, 5) is 14.3.